The first-order valence-electron chi connectivity index (χ1n) is 10.2. The number of amides is 1. The van der Waals surface area contributed by atoms with Crippen molar-refractivity contribution in [1.29, 1.82) is 0 Å². The number of hydrogen-bond acceptors (Lipinski definition) is 5. The molecule has 1 heterocycles. The summed E-state index contributed by atoms with van der Waals surface area (Å²) in [6.45, 7) is 5.04. The van der Waals surface area contributed by atoms with Gasteiger partial charge in [-0.15, -0.1) is 0 Å². The molecule has 6 nitrogen and oxygen atoms in total. The molecule has 0 aliphatic heterocycles. The van der Waals surface area contributed by atoms with Gasteiger partial charge >= 0.3 is 0 Å². The normalized spacial score (nSPS) is 11.6. The highest BCUT2D eigenvalue weighted by atomic mass is 16.5. The summed E-state index contributed by atoms with van der Waals surface area (Å²) in [6.07, 6.45) is 4.11. The van der Waals surface area contributed by atoms with Crippen LogP contribution in [0.2, 0.25) is 0 Å². The zero-order chi connectivity index (χ0) is 22.4. The molecule has 0 aliphatic rings. The molecule has 0 bridgehead atoms. The average molecular weight is 424 g/mol. The largest absolute Gasteiger partial charge is 0.497 e. The fourth-order valence-corrected chi connectivity index (χ4v) is 3.64. The van der Waals surface area contributed by atoms with Gasteiger partial charge in [-0.25, -0.2) is 0 Å². The van der Waals surface area contributed by atoms with Gasteiger partial charge in [0.15, 0.2) is 0 Å². The first-order chi connectivity index (χ1) is 15.0. The summed E-state index contributed by atoms with van der Waals surface area (Å²) < 4.78 is 22.0. The molecule has 1 amide bonds. The van der Waals surface area contributed by atoms with E-state index < -0.39 is 0 Å². The minimum atomic E-state index is -0.145. The molecule has 1 aromatic heterocycles. The number of allylic oxidation sites excluding steroid dienone is 1. The Kier molecular flexibility index (Phi) is 7.36. The molecule has 6 heteroatoms. The van der Waals surface area contributed by atoms with Crippen molar-refractivity contribution >= 4 is 22.4 Å². The maximum absolute atomic E-state index is 12.3. The second kappa shape index (κ2) is 10.2. The van der Waals surface area contributed by atoms with E-state index in [1.165, 1.54) is 0 Å². The number of aryl methyl sites for hydroxylation is 1. The second-order valence-corrected chi connectivity index (χ2v) is 7.31. The quantitative estimate of drug-likeness (QED) is 0.388. The highest BCUT2D eigenvalue weighted by molar-refractivity contribution is 6.01. The Hall–Kier alpha value is -3.25. The smallest absolute Gasteiger partial charge is 0.244 e. The number of ether oxygens (including phenoxy) is 3. The highest BCUT2D eigenvalue weighted by Crippen LogP contribution is 2.41. The van der Waals surface area contributed by atoms with Crippen molar-refractivity contribution < 1.29 is 23.4 Å². The van der Waals surface area contributed by atoms with E-state index in [4.69, 9.17) is 18.6 Å². The van der Waals surface area contributed by atoms with Crippen LogP contribution in [0.4, 0.5) is 0 Å². The Labute approximate surface area is 182 Å². The zero-order valence-electron chi connectivity index (χ0n) is 18.7. The van der Waals surface area contributed by atoms with Gasteiger partial charge in [0, 0.05) is 48.4 Å². The van der Waals surface area contributed by atoms with Crippen LogP contribution in [-0.2, 0) is 9.53 Å². The second-order valence-electron chi connectivity index (χ2n) is 7.31. The van der Waals surface area contributed by atoms with E-state index in [1.807, 2.05) is 44.2 Å². The highest BCUT2D eigenvalue weighted by Gasteiger charge is 2.19. The van der Waals surface area contributed by atoms with Gasteiger partial charge in [-0.2, -0.15) is 0 Å². The Morgan fingerprint density at radius 2 is 1.97 bits per heavy atom. The van der Waals surface area contributed by atoms with E-state index in [9.17, 15) is 4.79 Å². The number of furan rings is 1. The number of benzene rings is 2. The van der Waals surface area contributed by atoms with Crippen LogP contribution < -0.4 is 14.8 Å². The van der Waals surface area contributed by atoms with Gasteiger partial charge in [-0.05, 0) is 49.6 Å². The standard InChI is InChI=1S/C25H29NO5/c1-16(12-23(27)26-10-7-11-28-3)20-14-21-22(18-8-6-9-19(13-18)29-4)15-31-25(21)17(2)24(20)30-5/h6,8-9,12-15H,7,10-11H2,1-5H3,(H,26,27)/b16-12+. The number of hydrogen-bond donors (Lipinski definition) is 1. The van der Waals surface area contributed by atoms with Gasteiger partial charge in [0.2, 0.25) is 5.91 Å². The van der Waals surface area contributed by atoms with E-state index in [1.54, 1.807) is 33.7 Å². The molecule has 3 aromatic rings. The van der Waals surface area contributed by atoms with Crippen molar-refractivity contribution in [3.05, 3.63) is 53.8 Å². The van der Waals surface area contributed by atoms with Crippen LogP contribution in [0.1, 0.15) is 24.5 Å². The third kappa shape index (κ3) is 4.91. The van der Waals surface area contributed by atoms with E-state index >= 15 is 0 Å². The molecule has 2 aromatic carbocycles. The third-order valence-electron chi connectivity index (χ3n) is 5.23. The molecule has 0 aliphatic carbocycles. The Morgan fingerprint density at radius 3 is 2.68 bits per heavy atom. The predicted octanol–water partition coefficient (Wildman–Crippen LogP) is 4.98. The van der Waals surface area contributed by atoms with E-state index in [0.29, 0.717) is 18.9 Å². The molecule has 0 spiro atoms. The van der Waals surface area contributed by atoms with Crippen LogP contribution in [0.15, 0.2) is 47.1 Å². The van der Waals surface area contributed by atoms with E-state index in [0.717, 1.165) is 51.0 Å². The summed E-state index contributed by atoms with van der Waals surface area (Å²) in [4.78, 5) is 12.3. The van der Waals surface area contributed by atoms with Crippen molar-refractivity contribution in [2.24, 2.45) is 0 Å². The number of methoxy groups -OCH3 is 3. The van der Waals surface area contributed by atoms with E-state index in [-0.39, 0.29) is 5.91 Å². The summed E-state index contributed by atoms with van der Waals surface area (Å²) in [5.74, 6) is 1.33. The van der Waals surface area contributed by atoms with Crippen molar-refractivity contribution in [1.82, 2.24) is 5.32 Å². The molecular weight excluding hydrogens is 394 g/mol. The summed E-state index contributed by atoms with van der Waals surface area (Å²) in [5.41, 5.74) is 5.26. The van der Waals surface area contributed by atoms with Crippen LogP contribution in [-0.4, -0.2) is 40.4 Å². The average Bonchev–Trinajstić information content (AvgIpc) is 3.21. The molecule has 31 heavy (non-hydrogen) atoms. The monoisotopic (exact) mass is 423 g/mol. The van der Waals surface area contributed by atoms with Gasteiger partial charge in [0.1, 0.15) is 17.1 Å². The predicted molar refractivity (Wildman–Crippen MR) is 123 cm³/mol. The van der Waals surface area contributed by atoms with E-state index in [2.05, 4.69) is 5.32 Å². The minimum Gasteiger partial charge on any atom is -0.497 e. The molecule has 0 unspecified atom stereocenters. The van der Waals surface area contributed by atoms with Crippen molar-refractivity contribution in [2.45, 2.75) is 20.3 Å². The van der Waals surface area contributed by atoms with Gasteiger partial charge in [0.05, 0.1) is 20.5 Å². The van der Waals surface area contributed by atoms with Gasteiger partial charge in [-0.1, -0.05) is 12.1 Å². The molecule has 1 N–H and O–H groups in total. The Balaban J connectivity index is 2.02. The van der Waals surface area contributed by atoms with Crippen LogP contribution in [0, 0.1) is 6.92 Å². The molecule has 164 valence electrons. The maximum atomic E-state index is 12.3. The van der Waals surface area contributed by atoms with Crippen molar-refractivity contribution in [3.8, 4) is 22.6 Å². The Bertz CT molecular complexity index is 1100. The van der Waals surface area contributed by atoms with Crippen molar-refractivity contribution in [2.75, 3.05) is 34.5 Å². The Morgan fingerprint density at radius 1 is 1.16 bits per heavy atom. The van der Waals surface area contributed by atoms with Gasteiger partial charge in [0.25, 0.3) is 0 Å². The SMILES string of the molecule is COCCCNC(=O)/C=C(\C)c1cc2c(-c3cccc(OC)c3)coc2c(C)c1OC. The lowest BCUT2D eigenvalue weighted by molar-refractivity contribution is -0.116. The van der Waals surface area contributed by atoms with Gasteiger partial charge < -0.3 is 23.9 Å². The van der Waals surface area contributed by atoms with Crippen LogP contribution >= 0.6 is 0 Å². The molecule has 0 fully saturated rings. The third-order valence-corrected chi connectivity index (χ3v) is 5.23. The van der Waals surface area contributed by atoms with Crippen LogP contribution in [0.5, 0.6) is 11.5 Å². The van der Waals surface area contributed by atoms with Crippen LogP contribution in [0.3, 0.4) is 0 Å². The number of rotatable bonds is 9. The summed E-state index contributed by atoms with van der Waals surface area (Å²) in [6, 6.07) is 9.86. The maximum Gasteiger partial charge on any atom is 0.244 e. The minimum absolute atomic E-state index is 0.145. The lowest BCUT2D eigenvalue weighted by Crippen LogP contribution is -2.23. The lowest BCUT2D eigenvalue weighted by Gasteiger charge is -2.13. The molecule has 3 rings (SSSR count). The first-order valence-corrected chi connectivity index (χ1v) is 10.2. The van der Waals surface area contributed by atoms with Crippen molar-refractivity contribution in [3.63, 3.8) is 0 Å². The van der Waals surface area contributed by atoms with Crippen LogP contribution in [0.25, 0.3) is 27.7 Å². The summed E-state index contributed by atoms with van der Waals surface area (Å²) in [5, 5.41) is 3.84. The molecule has 0 saturated heterocycles. The molecule has 0 atom stereocenters. The molecule has 0 radical (unpaired) electrons. The van der Waals surface area contributed by atoms with Gasteiger partial charge in [-0.3, -0.25) is 4.79 Å². The molecule has 0 saturated carbocycles. The summed E-state index contributed by atoms with van der Waals surface area (Å²) in [7, 11) is 4.92. The fraction of sp³-hybridized carbons (Fsp3) is 0.320. The zero-order valence-corrected chi connectivity index (χ0v) is 18.7. The lowest BCUT2D eigenvalue weighted by atomic mass is 9.96. The molecular formula is C25H29NO5. The number of fused-ring (bicyclic) bond motifs is 1. The fourth-order valence-electron chi connectivity index (χ4n) is 3.64. The first kappa shape index (κ1) is 22.4. The summed E-state index contributed by atoms with van der Waals surface area (Å²) >= 11 is 0. The topological polar surface area (TPSA) is 69.9 Å². The number of carbonyl (C=O) groups is 1. The number of nitrogens with one attached hydrogen (secondary N) is 1. The number of carbonyl (C=O) groups excluding carboxylic acids is 1.